The van der Waals surface area contributed by atoms with Gasteiger partial charge in [0.05, 0.1) is 6.10 Å². The Kier molecular flexibility index (Phi) is 4.83. The first-order chi connectivity index (χ1) is 7.60. The van der Waals surface area contributed by atoms with Crippen LogP contribution in [-0.2, 0) is 4.74 Å². The average molecular weight is 224 g/mol. The zero-order valence-corrected chi connectivity index (χ0v) is 10.4. The summed E-state index contributed by atoms with van der Waals surface area (Å²) in [6, 6.07) is 0. The molecule has 0 aromatic carbocycles. The van der Waals surface area contributed by atoms with E-state index in [2.05, 4.69) is 9.97 Å². The van der Waals surface area contributed by atoms with Gasteiger partial charge in [-0.3, -0.25) is 0 Å². The van der Waals surface area contributed by atoms with Gasteiger partial charge in [0.15, 0.2) is 5.82 Å². The molecule has 90 valence electrons. The number of rotatable bonds is 5. The highest BCUT2D eigenvalue weighted by Gasteiger charge is 2.15. The van der Waals surface area contributed by atoms with E-state index in [-0.39, 0.29) is 6.10 Å². The summed E-state index contributed by atoms with van der Waals surface area (Å²) in [6.07, 6.45) is 1.96. The summed E-state index contributed by atoms with van der Waals surface area (Å²) >= 11 is 0. The summed E-state index contributed by atoms with van der Waals surface area (Å²) in [5.41, 5.74) is 1.59. The Morgan fingerprint density at radius 1 is 1.44 bits per heavy atom. The number of aliphatic hydroxyl groups excluding tert-OH is 1. The van der Waals surface area contributed by atoms with Gasteiger partial charge in [0.1, 0.15) is 6.10 Å². The third kappa shape index (κ3) is 3.00. The Hall–Kier alpha value is -1.00. The third-order valence-electron chi connectivity index (χ3n) is 2.51. The highest BCUT2D eigenvalue weighted by molar-refractivity contribution is 5.18. The van der Waals surface area contributed by atoms with Crippen molar-refractivity contribution in [1.29, 1.82) is 0 Å². The summed E-state index contributed by atoms with van der Waals surface area (Å²) in [6.45, 7) is 8.25. The van der Waals surface area contributed by atoms with Gasteiger partial charge in [0.2, 0.25) is 0 Å². The van der Waals surface area contributed by atoms with Crippen LogP contribution in [0.2, 0.25) is 0 Å². The molecule has 1 rings (SSSR count). The zero-order chi connectivity index (χ0) is 12.1. The van der Waals surface area contributed by atoms with Gasteiger partial charge >= 0.3 is 0 Å². The van der Waals surface area contributed by atoms with E-state index >= 15 is 0 Å². The number of hydrogen-bond donors (Lipinski definition) is 1. The first kappa shape index (κ1) is 13.1. The molecule has 0 bridgehead atoms. The lowest BCUT2D eigenvalue weighted by molar-refractivity contribution is 0.0531. The molecule has 2 atom stereocenters. The maximum Gasteiger partial charge on any atom is 0.157 e. The Morgan fingerprint density at radius 2 is 2.12 bits per heavy atom. The highest BCUT2D eigenvalue weighted by Crippen LogP contribution is 2.20. The van der Waals surface area contributed by atoms with Crippen LogP contribution in [0.25, 0.3) is 0 Å². The van der Waals surface area contributed by atoms with Crippen molar-refractivity contribution < 1.29 is 9.84 Å². The SMILES string of the molecule is CCOC(CC)c1ncc([C@@H](C)O)c(C)n1. The Labute approximate surface area is 96.7 Å². The minimum atomic E-state index is -0.527. The van der Waals surface area contributed by atoms with E-state index in [0.29, 0.717) is 12.4 Å². The first-order valence-corrected chi connectivity index (χ1v) is 5.73. The van der Waals surface area contributed by atoms with Crippen molar-refractivity contribution in [3.05, 3.63) is 23.3 Å². The second-order valence-electron chi connectivity index (χ2n) is 3.80. The fourth-order valence-corrected chi connectivity index (χ4v) is 1.64. The van der Waals surface area contributed by atoms with Crippen molar-refractivity contribution in [3.8, 4) is 0 Å². The summed E-state index contributed by atoms with van der Waals surface area (Å²) < 4.78 is 5.55. The lowest BCUT2D eigenvalue weighted by Gasteiger charge is -2.15. The monoisotopic (exact) mass is 224 g/mol. The van der Waals surface area contributed by atoms with Gasteiger partial charge in [-0.05, 0) is 27.2 Å². The van der Waals surface area contributed by atoms with Crippen LogP contribution in [0, 0.1) is 6.92 Å². The number of aromatic nitrogens is 2. The molecule has 4 heteroatoms. The molecule has 0 amide bonds. The molecular formula is C12H20N2O2. The molecule has 0 spiro atoms. The van der Waals surface area contributed by atoms with Crippen LogP contribution in [0.1, 0.15) is 56.5 Å². The predicted molar refractivity (Wildman–Crippen MR) is 62.1 cm³/mol. The quantitative estimate of drug-likeness (QED) is 0.834. The predicted octanol–water partition coefficient (Wildman–Crippen LogP) is 2.33. The number of aliphatic hydroxyl groups is 1. The van der Waals surface area contributed by atoms with E-state index in [9.17, 15) is 5.11 Å². The van der Waals surface area contributed by atoms with E-state index in [1.165, 1.54) is 0 Å². The van der Waals surface area contributed by atoms with Gasteiger partial charge in [-0.1, -0.05) is 6.92 Å². The summed E-state index contributed by atoms with van der Waals surface area (Å²) in [7, 11) is 0. The van der Waals surface area contributed by atoms with E-state index < -0.39 is 6.10 Å². The Bertz CT molecular complexity index is 340. The standard InChI is InChI=1S/C12H20N2O2/c1-5-11(16-6-2)12-13-7-10(9(4)15)8(3)14-12/h7,9,11,15H,5-6H2,1-4H3/t9-,11?/m1/s1. The molecule has 0 aliphatic rings. The van der Waals surface area contributed by atoms with Gasteiger partial charge in [0, 0.05) is 24.1 Å². The smallest absolute Gasteiger partial charge is 0.157 e. The molecular weight excluding hydrogens is 204 g/mol. The van der Waals surface area contributed by atoms with Crippen LogP contribution >= 0.6 is 0 Å². The summed E-state index contributed by atoms with van der Waals surface area (Å²) in [4.78, 5) is 8.64. The van der Waals surface area contributed by atoms with E-state index in [1.54, 1.807) is 13.1 Å². The van der Waals surface area contributed by atoms with E-state index in [0.717, 1.165) is 17.7 Å². The molecule has 0 radical (unpaired) electrons. The van der Waals surface area contributed by atoms with Gasteiger partial charge in [0.25, 0.3) is 0 Å². The molecule has 0 fully saturated rings. The van der Waals surface area contributed by atoms with Crippen molar-refractivity contribution in [3.63, 3.8) is 0 Å². The third-order valence-corrected chi connectivity index (χ3v) is 2.51. The molecule has 0 saturated carbocycles. The van der Waals surface area contributed by atoms with Crippen LogP contribution in [0.15, 0.2) is 6.20 Å². The second kappa shape index (κ2) is 5.92. The minimum absolute atomic E-state index is 0.0493. The lowest BCUT2D eigenvalue weighted by atomic mass is 10.1. The number of aryl methyl sites for hydroxylation is 1. The molecule has 0 saturated heterocycles. The van der Waals surface area contributed by atoms with E-state index in [4.69, 9.17) is 4.74 Å². The van der Waals surface area contributed by atoms with Crippen molar-refractivity contribution in [2.45, 2.75) is 46.3 Å². The number of nitrogens with zero attached hydrogens (tertiary/aromatic N) is 2. The van der Waals surface area contributed by atoms with Crippen molar-refractivity contribution in [2.75, 3.05) is 6.61 Å². The number of ether oxygens (including phenoxy) is 1. The highest BCUT2D eigenvalue weighted by atomic mass is 16.5. The maximum atomic E-state index is 9.48. The van der Waals surface area contributed by atoms with Crippen LogP contribution in [0.3, 0.4) is 0 Å². The largest absolute Gasteiger partial charge is 0.389 e. The van der Waals surface area contributed by atoms with Crippen LogP contribution in [0.5, 0.6) is 0 Å². The molecule has 0 aliphatic heterocycles. The molecule has 1 unspecified atom stereocenters. The fourth-order valence-electron chi connectivity index (χ4n) is 1.64. The van der Waals surface area contributed by atoms with Gasteiger partial charge < -0.3 is 9.84 Å². The molecule has 1 N–H and O–H groups in total. The minimum Gasteiger partial charge on any atom is -0.389 e. The summed E-state index contributed by atoms with van der Waals surface area (Å²) in [5.74, 6) is 0.700. The van der Waals surface area contributed by atoms with Crippen molar-refractivity contribution in [2.24, 2.45) is 0 Å². The molecule has 1 aromatic heterocycles. The molecule has 1 heterocycles. The molecule has 4 nitrogen and oxygen atoms in total. The van der Waals surface area contributed by atoms with Crippen molar-refractivity contribution >= 4 is 0 Å². The van der Waals surface area contributed by atoms with Crippen molar-refractivity contribution in [1.82, 2.24) is 9.97 Å². The van der Waals surface area contributed by atoms with Gasteiger partial charge in [-0.25, -0.2) is 9.97 Å². The van der Waals surface area contributed by atoms with Gasteiger partial charge in [-0.15, -0.1) is 0 Å². The molecule has 16 heavy (non-hydrogen) atoms. The maximum absolute atomic E-state index is 9.48. The Balaban J connectivity index is 2.95. The summed E-state index contributed by atoms with van der Waals surface area (Å²) in [5, 5.41) is 9.48. The first-order valence-electron chi connectivity index (χ1n) is 5.73. The fraction of sp³-hybridized carbons (Fsp3) is 0.667. The van der Waals surface area contributed by atoms with Crippen LogP contribution < -0.4 is 0 Å². The topological polar surface area (TPSA) is 55.2 Å². The zero-order valence-electron chi connectivity index (χ0n) is 10.4. The molecule has 1 aromatic rings. The normalized spacial score (nSPS) is 14.8. The van der Waals surface area contributed by atoms with Crippen LogP contribution in [-0.4, -0.2) is 21.7 Å². The average Bonchev–Trinajstić information content (AvgIpc) is 2.25. The number of hydrogen-bond acceptors (Lipinski definition) is 4. The Morgan fingerprint density at radius 3 is 2.56 bits per heavy atom. The molecule has 0 aliphatic carbocycles. The van der Waals surface area contributed by atoms with E-state index in [1.807, 2.05) is 20.8 Å². The lowest BCUT2D eigenvalue weighted by Crippen LogP contribution is -2.10. The van der Waals surface area contributed by atoms with Gasteiger partial charge in [-0.2, -0.15) is 0 Å². The van der Waals surface area contributed by atoms with Crippen LogP contribution in [0.4, 0.5) is 0 Å². The second-order valence-corrected chi connectivity index (χ2v) is 3.80.